The predicted octanol–water partition coefficient (Wildman–Crippen LogP) is 1.30. The Morgan fingerprint density at radius 2 is 2.24 bits per heavy atom. The molecule has 1 amide bonds. The highest BCUT2D eigenvalue weighted by Crippen LogP contribution is 2.23. The summed E-state index contributed by atoms with van der Waals surface area (Å²) in [4.78, 5) is 23.3. The minimum atomic E-state index is -0.464. The minimum absolute atomic E-state index is 0.000783. The van der Waals surface area contributed by atoms with Gasteiger partial charge in [-0.2, -0.15) is 0 Å². The molecule has 1 heterocycles. The number of nitro groups is 1. The molecular formula is C11H13N3O3. The van der Waals surface area contributed by atoms with Crippen LogP contribution in [0.3, 0.4) is 0 Å². The second-order valence-corrected chi connectivity index (χ2v) is 4.06. The first-order valence-electron chi connectivity index (χ1n) is 5.38. The highest BCUT2D eigenvalue weighted by molar-refractivity contribution is 5.78. The fourth-order valence-electron chi connectivity index (χ4n) is 1.92. The number of anilines is 1. The largest absolute Gasteiger partial charge is 0.398 e. The van der Waals surface area contributed by atoms with Crippen molar-refractivity contribution in [3.8, 4) is 0 Å². The van der Waals surface area contributed by atoms with E-state index < -0.39 is 4.92 Å². The molecule has 2 rings (SSSR count). The van der Waals surface area contributed by atoms with E-state index in [-0.39, 0.29) is 11.6 Å². The lowest BCUT2D eigenvalue weighted by Gasteiger charge is -2.16. The number of hydrogen-bond acceptors (Lipinski definition) is 4. The first kappa shape index (κ1) is 11.4. The Morgan fingerprint density at radius 1 is 1.47 bits per heavy atom. The van der Waals surface area contributed by atoms with Crippen LogP contribution in [0.5, 0.6) is 0 Å². The first-order chi connectivity index (χ1) is 8.08. The molecule has 6 heteroatoms. The molecule has 0 aromatic heterocycles. The van der Waals surface area contributed by atoms with E-state index in [0.717, 1.165) is 6.42 Å². The summed E-state index contributed by atoms with van der Waals surface area (Å²) < 4.78 is 0. The van der Waals surface area contributed by atoms with E-state index in [1.54, 1.807) is 4.90 Å². The van der Waals surface area contributed by atoms with E-state index in [1.165, 1.54) is 18.2 Å². The third kappa shape index (κ3) is 2.35. The van der Waals surface area contributed by atoms with Crippen molar-refractivity contribution >= 4 is 17.3 Å². The van der Waals surface area contributed by atoms with Gasteiger partial charge in [-0.05, 0) is 12.5 Å². The molecule has 6 nitrogen and oxygen atoms in total. The number of non-ortho nitro benzene ring substituents is 1. The van der Waals surface area contributed by atoms with Crippen molar-refractivity contribution < 1.29 is 9.72 Å². The number of amides is 1. The smallest absolute Gasteiger partial charge is 0.269 e. The second-order valence-electron chi connectivity index (χ2n) is 4.06. The van der Waals surface area contributed by atoms with Crippen molar-refractivity contribution in [2.75, 3.05) is 12.3 Å². The molecule has 2 N–H and O–H groups in total. The van der Waals surface area contributed by atoms with Crippen LogP contribution in [0.25, 0.3) is 0 Å². The molecule has 17 heavy (non-hydrogen) atoms. The number of nitrogens with two attached hydrogens (primary N) is 1. The van der Waals surface area contributed by atoms with Crippen LogP contribution in [0.1, 0.15) is 18.4 Å². The molecule has 1 aliphatic rings. The predicted molar refractivity (Wildman–Crippen MR) is 62.2 cm³/mol. The molecule has 0 unspecified atom stereocenters. The maximum Gasteiger partial charge on any atom is 0.269 e. The molecule has 0 atom stereocenters. The molecule has 0 aliphatic carbocycles. The first-order valence-corrected chi connectivity index (χ1v) is 5.38. The molecule has 1 aromatic carbocycles. The summed E-state index contributed by atoms with van der Waals surface area (Å²) in [7, 11) is 0. The van der Waals surface area contributed by atoms with Gasteiger partial charge in [0.05, 0.1) is 4.92 Å². The van der Waals surface area contributed by atoms with Crippen LogP contribution >= 0.6 is 0 Å². The molecule has 1 aromatic rings. The Labute approximate surface area is 98.2 Å². The van der Waals surface area contributed by atoms with Gasteiger partial charge in [-0.3, -0.25) is 14.9 Å². The van der Waals surface area contributed by atoms with E-state index in [9.17, 15) is 14.9 Å². The zero-order valence-corrected chi connectivity index (χ0v) is 9.26. The summed E-state index contributed by atoms with van der Waals surface area (Å²) in [6, 6.07) is 4.31. The maximum atomic E-state index is 11.5. The van der Waals surface area contributed by atoms with Crippen LogP contribution in [0.2, 0.25) is 0 Å². The van der Waals surface area contributed by atoms with E-state index in [0.29, 0.717) is 30.8 Å². The van der Waals surface area contributed by atoms with Gasteiger partial charge in [0.2, 0.25) is 5.91 Å². The molecule has 1 saturated heterocycles. The molecule has 0 saturated carbocycles. The molecule has 90 valence electrons. The average molecular weight is 235 g/mol. The third-order valence-corrected chi connectivity index (χ3v) is 2.87. The van der Waals surface area contributed by atoms with Gasteiger partial charge in [0, 0.05) is 42.9 Å². The lowest BCUT2D eigenvalue weighted by atomic mass is 10.1. The molecule has 0 bridgehead atoms. The van der Waals surface area contributed by atoms with E-state index in [4.69, 9.17) is 5.73 Å². The summed E-state index contributed by atoms with van der Waals surface area (Å²) in [5.74, 6) is 0.0795. The quantitative estimate of drug-likeness (QED) is 0.485. The summed E-state index contributed by atoms with van der Waals surface area (Å²) in [6.07, 6.45) is 1.39. The van der Waals surface area contributed by atoms with Gasteiger partial charge < -0.3 is 10.6 Å². The Hall–Kier alpha value is -2.11. The number of nitrogen functional groups attached to an aromatic ring is 1. The number of nitrogens with zero attached hydrogens (tertiary/aromatic N) is 2. The highest BCUT2D eigenvalue weighted by atomic mass is 16.6. The Kier molecular flexibility index (Phi) is 2.95. The number of carbonyl (C=O) groups is 1. The Balaban J connectivity index is 2.22. The van der Waals surface area contributed by atoms with Gasteiger partial charge >= 0.3 is 0 Å². The number of nitro benzene ring substituents is 1. The van der Waals surface area contributed by atoms with Crippen LogP contribution in [0, 0.1) is 10.1 Å². The standard InChI is InChI=1S/C11H13N3O3/c12-10-4-3-9(14(16)17)6-8(10)7-13-5-1-2-11(13)15/h3-4,6H,1-2,5,7,12H2. The SMILES string of the molecule is Nc1ccc([N+](=O)[O-])cc1CN1CCCC1=O. The molecular weight excluding hydrogens is 222 g/mol. The highest BCUT2D eigenvalue weighted by Gasteiger charge is 2.21. The van der Waals surface area contributed by atoms with Crippen LogP contribution in [0.15, 0.2) is 18.2 Å². The number of hydrogen-bond donors (Lipinski definition) is 1. The molecule has 0 radical (unpaired) electrons. The number of benzene rings is 1. The number of likely N-dealkylation sites (tertiary alicyclic amines) is 1. The summed E-state index contributed by atoms with van der Waals surface area (Å²) in [6.45, 7) is 1.05. The molecule has 0 spiro atoms. The zero-order valence-electron chi connectivity index (χ0n) is 9.26. The lowest BCUT2D eigenvalue weighted by molar-refractivity contribution is -0.384. The average Bonchev–Trinajstić information content (AvgIpc) is 2.67. The summed E-state index contributed by atoms with van der Waals surface area (Å²) in [5.41, 5.74) is 6.87. The molecule has 1 aliphatic heterocycles. The topological polar surface area (TPSA) is 89.5 Å². The Bertz CT molecular complexity index is 473. The van der Waals surface area contributed by atoms with Gasteiger partial charge in [0.1, 0.15) is 0 Å². The summed E-state index contributed by atoms with van der Waals surface area (Å²) in [5, 5.41) is 10.7. The fourth-order valence-corrected chi connectivity index (χ4v) is 1.92. The second kappa shape index (κ2) is 4.40. The van der Waals surface area contributed by atoms with Crippen molar-refractivity contribution in [1.29, 1.82) is 0 Å². The van der Waals surface area contributed by atoms with Crippen molar-refractivity contribution in [3.63, 3.8) is 0 Å². The lowest BCUT2D eigenvalue weighted by Crippen LogP contribution is -2.24. The van der Waals surface area contributed by atoms with Crippen molar-refractivity contribution in [2.24, 2.45) is 0 Å². The van der Waals surface area contributed by atoms with Gasteiger partial charge in [0.25, 0.3) is 5.69 Å². The third-order valence-electron chi connectivity index (χ3n) is 2.87. The van der Waals surface area contributed by atoms with Crippen LogP contribution in [-0.4, -0.2) is 22.3 Å². The number of rotatable bonds is 3. The van der Waals surface area contributed by atoms with E-state index in [2.05, 4.69) is 0 Å². The van der Waals surface area contributed by atoms with Crippen molar-refractivity contribution in [2.45, 2.75) is 19.4 Å². The van der Waals surface area contributed by atoms with E-state index in [1.807, 2.05) is 0 Å². The van der Waals surface area contributed by atoms with Crippen LogP contribution < -0.4 is 5.73 Å². The fraction of sp³-hybridized carbons (Fsp3) is 0.364. The maximum absolute atomic E-state index is 11.5. The van der Waals surface area contributed by atoms with Crippen molar-refractivity contribution in [3.05, 3.63) is 33.9 Å². The summed E-state index contributed by atoms with van der Waals surface area (Å²) >= 11 is 0. The Morgan fingerprint density at radius 3 is 2.82 bits per heavy atom. The molecule has 1 fully saturated rings. The normalized spacial score (nSPS) is 15.3. The number of carbonyl (C=O) groups excluding carboxylic acids is 1. The zero-order chi connectivity index (χ0) is 12.4. The van der Waals surface area contributed by atoms with Gasteiger partial charge in [-0.1, -0.05) is 0 Å². The van der Waals surface area contributed by atoms with Gasteiger partial charge in [-0.15, -0.1) is 0 Å². The van der Waals surface area contributed by atoms with Gasteiger partial charge in [0.15, 0.2) is 0 Å². The van der Waals surface area contributed by atoms with E-state index >= 15 is 0 Å². The van der Waals surface area contributed by atoms with Crippen molar-refractivity contribution in [1.82, 2.24) is 4.90 Å². The van der Waals surface area contributed by atoms with Crippen LogP contribution in [0.4, 0.5) is 11.4 Å². The van der Waals surface area contributed by atoms with Crippen LogP contribution in [-0.2, 0) is 11.3 Å². The van der Waals surface area contributed by atoms with Gasteiger partial charge in [-0.25, -0.2) is 0 Å². The minimum Gasteiger partial charge on any atom is -0.398 e. The monoisotopic (exact) mass is 235 g/mol.